The molecule has 1 heterocycles. The van der Waals surface area contributed by atoms with Gasteiger partial charge in [-0.1, -0.05) is 12.1 Å². The van der Waals surface area contributed by atoms with E-state index in [1.54, 1.807) is 0 Å². The van der Waals surface area contributed by atoms with Gasteiger partial charge in [0, 0.05) is 25.5 Å². The first-order valence-corrected chi connectivity index (χ1v) is 6.42. The summed E-state index contributed by atoms with van der Waals surface area (Å²) in [4.78, 5) is 8.11. The normalized spacial score (nSPS) is 11.1. The zero-order chi connectivity index (χ0) is 15.2. The number of guanidine groups is 1. The van der Waals surface area contributed by atoms with Crippen LogP contribution in [-0.4, -0.2) is 22.6 Å². The molecule has 2 rings (SSSR count). The predicted molar refractivity (Wildman–Crippen MR) is 89.3 cm³/mol. The lowest BCUT2D eigenvalue weighted by atomic mass is 10.3. The third-order valence-corrected chi connectivity index (χ3v) is 2.62. The number of halogens is 3. The van der Waals surface area contributed by atoms with Crippen molar-refractivity contribution in [2.45, 2.75) is 19.8 Å². The van der Waals surface area contributed by atoms with Crippen LogP contribution < -0.4 is 11.1 Å². The molecule has 22 heavy (non-hydrogen) atoms. The lowest BCUT2D eigenvalue weighted by Gasteiger charge is -2.06. The van der Waals surface area contributed by atoms with Crippen molar-refractivity contribution in [3.05, 3.63) is 41.5 Å². The highest BCUT2D eigenvalue weighted by atomic mass is 127. The fraction of sp³-hybridized carbons (Fsp3) is 0.308. The second kappa shape index (κ2) is 8.61. The van der Waals surface area contributed by atoms with Gasteiger partial charge in [-0.2, -0.15) is 4.98 Å². The molecule has 0 saturated heterocycles. The van der Waals surface area contributed by atoms with E-state index in [4.69, 9.17) is 10.3 Å². The number of aromatic nitrogens is 2. The van der Waals surface area contributed by atoms with Crippen molar-refractivity contribution in [3.63, 3.8) is 0 Å². The summed E-state index contributed by atoms with van der Waals surface area (Å²) in [5.41, 5.74) is 5.54. The first kappa shape index (κ1) is 18.3. The van der Waals surface area contributed by atoms with E-state index in [1.165, 1.54) is 0 Å². The van der Waals surface area contributed by atoms with E-state index in [1.807, 2.05) is 6.92 Å². The minimum Gasteiger partial charge on any atom is -0.370 e. The Morgan fingerprint density at radius 1 is 1.41 bits per heavy atom. The van der Waals surface area contributed by atoms with Gasteiger partial charge in [0.05, 0.1) is 5.69 Å². The van der Waals surface area contributed by atoms with Crippen LogP contribution in [0.2, 0.25) is 0 Å². The summed E-state index contributed by atoms with van der Waals surface area (Å²) in [5.74, 6) is -0.105. The van der Waals surface area contributed by atoms with Gasteiger partial charge < -0.3 is 15.6 Å². The summed E-state index contributed by atoms with van der Waals surface area (Å²) in [6.07, 6.45) is 1.11. The zero-order valence-electron chi connectivity index (χ0n) is 11.8. The largest absolute Gasteiger partial charge is 0.370 e. The molecule has 1 aromatic heterocycles. The Labute approximate surface area is 143 Å². The molecule has 0 fully saturated rings. The minimum atomic E-state index is -0.611. The molecule has 0 atom stereocenters. The Kier molecular flexibility index (Phi) is 7.15. The molecule has 6 nitrogen and oxygen atoms in total. The van der Waals surface area contributed by atoms with E-state index >= 15 is 0 Å². The molecule has 0 bridgehead atoms. The fourth-order valence-electron chi connectivity index (χ4n) is 1.58. The molecule has 0 unspecified atom stereocenters. The fourth-order valence-corrected chi connectivity index (χ4v) is 1.58. The van der Waals surface area contributed by atoms with E-state index in [2.05, 4.69) is 20.4 Å². The van der Waals surface area contributed by atoms with Gasteiger partial charge in [-0.05, 0) is 12.1 Å². The summed E-state index contributed by atoms with van der Waals surface area (Å²) in [6.45, 7) is 2.21. The highest BCUT2D eigenvalue weighted by molar-refractivity contribution is 14.0. The molecule has 0 saturated carbocycles. The number of nitrogens with zero attached hydrogens (tertiary/aromatic N) is 3. The lowest BCUT2D eigenvalue weighted by Crippen LogP contribution is -2.23. The van der Waals surface area contributed by atoms with E-state index < -0.39 is 11.6 Å². The van der Waals surface area contributed by atoms with Crippen molar-refractivity contribution in [2.24, 2.45) is 10.7 Å². The highest BCUT2D eigenvalue weighted by Crippen LogP contribution is 2.14. The van der Waals surface area contributed by atoms with Crippen molar-refractivity contribution in [3.8, 4) is 0 Å². The van der Waals surface area contributed by atoms with Crippen molar-refractivity contribution >= 4 is 35.6 Å². The van der Waals surface area contributed by atoms with Crippen LogP contribution in [0.15, 0.2) is 27.7 Å². The van der Waals surface area contributed by atoms with Crippen LogP contribution in [0.4, 0.5) is 14.5 Å². The second-order valence-corrected chi connectivity index (χ2v) is 4.22. The van der Waals surface area contributed by atoms with Crippen molar-refractivity contribution in [1.29, 1.82) is 0 Å². The van der Waals surface area contributed by atoms with Crippen LogP contribution in [0.3, 0.4) is 0 Å². The number of nitrogens with one attached hydrogen (secondary N) is 1. The van der Waals surface area contributed by atoms with Crippen LogP contribution in [0.1, 0.15) is 18.6 Å². The SMILES string of the molecule is CCc1nc(CCN=C(N)Nc2cc(F)ccc2F)no1.I. The number of rotatable bonds is 5. The molecule has 0 aliphatic heterocycles. The summed E-state index contributed by atoms with van der Waals surface area (Å²) in [5, 5.41) is 6.27. The van der Waals surface area contributed by atoms with Crippen molar-refractivity contribution < 1.29 is 13.3 Å². The van der Waals surface area contributed by atoms with Crippen LogP contribution in [0.5, 0.6) is 0 Å². The molecule has 0 aliphatic rings. The van der Waals surface area contributed by atoms with E-state index in [0.29, 0.717) is 31.1 Å². The standard InChI is InChI=1S/C13H15F2N5O.HI/c1-2-12-19-11(20-21-12)5-6-17-13(16)18-10-7-8(14)3-4-9(10)15;/h3-4,7H,2,5-6H2,1H3,(H3,16,17,18);1H. The summed E-state index contributed by atoms with van der Waals surface area (Å²) in [7, 11) is 0. The minimum absolute atomic E-state index is 0. The number of anilines is 1. The molecular formula is C13H16F2IN5O. The predicted octanol–water partition coefficient (Wildman–Crippen LogP) is 2.50. The molecular weight excluding hydrogens is 407 g/mol. The van der Waals surface area contributed by atoms with Gasteiger partial charge in [-0.15, -0.1) is 24.0 Å². The molecule has 2 aromatic rings. The van der Waals surface area contributed by atoms with Gasteiger partial charge in [0.2, 0.25) is 5.89 Å². The van der Waals surface area contributed by atoms with Gasteiger partial charge in [-0.3, -0.25) is 4.99 Å². The number of nitrogens with two attached hydrogens (primary N) is 1. The molecule has 0 amide bonds. The molecule has 1 aromatic carbocycles. The Morgan fingerprint density at radius 2 is 2.18 bits per heavy atom. The maximum absolute atomic E-state index is 13.4. The maximum atomic E-state index is 13.4. The zero-order valence-corrected chi connectivity index (χ0v) is 14.2. The van der Waals surface area contributed by atoms with Crippen LogP contribution in [-0.2, 0) is 12.8 Å². The molecule has 0 aliphatic carbocycles. The number of benzene rings is 1. The third-order valence-electron chi connectivity index (χ3n) is 2.62. The van der Waals surface area contributed by atoms with Gasteiger partial charge in [0.25, 0.3) is 0 Å². The van der Waals surface area contributed by atoms with E-state index in [9.17, 15) is 8.78 Å². The number of aryl methyl sites for hydroxylation is 1. The van der Waals surface area contributed by atoms with Gasteiger partial charge in [0.1, 0.15) is 11.6 Å². The first-order chi connectivity index (χ1) is 10.1. The van der Waals surface area contributed by atoms with E-state index in [0.717, 1.165) is 18.2 Å². The second-order valence-electron chi connectivity index (χ2n) is 4.22. The van der Waals surface area contributed by atoms with Crippen molar-refractivity contribution in [2.75, 3.05) is 11.9 Å². The van der Waals surface area contributed by atoms with E-state index in [-0.39, 0.29) is 35.6 Å². The highest BCUT2D eigenvalue weighted by Gasteiger charge is 2.06. The smallest absolute Gasteiger partial charge is 0.226 e. The average molecular weight is 423 g/mol. The maximum Gasteiger partial charge on any atom is 0.226 e. The van der Waals surface area contributed by atoms with Crippen LogP contribution >= 0.6 is 24.0 Å². The Bertz CT molecular complexity index is 647. The van der Waals surface area contributed by atoms with Gasteiger partial charge in [0.15, 0.2) is 11.8 Å². The quantitative estimate of drug-likeness (QED) is 0.438. The third kappa shape index (κ3) is 5.20. The molecule has 3 N–H and O–H groups in total. The van der Waals surface area contributed by atoms with Crippen LogP contribution in [0, 0.1) is 11.6 Å². The lowest BCUT2D eigenvalue weighted by molar-refractivity contribution is 0.376. The molecule has 0 spiro atoms. The molecule has 0 radical (unpaired) electrons. The molecule has 120 valence electrons. The monoisotopic (exact) mass is 423 g/mol. The van der Waals surface area contributed by atoms with Gasteiger partial charge in [-0.25, -0.2) is 8.78 Å². The summed E-state index contributed by atoms with van der Waals surface area (Å²) >= 11 is 0. The number of aliphatic imine (C=N–C) groups is 1. The Balaban J connectivity index is 0.00000242. The average Bonchev–Trinajstić information content (AvgIpc) is 2.91. The number of hydrogen-bond donors (Lipinski definition) is 2. The Hall–Kier alpha value is -1.78. The number of hydrogen-bond acceptors (Lipinski definition) is 4. The summed E-state index contributed by atoms with van der Waals surface area (Å²) in [6, 6.07) is 3.04. The first-order valence-electron chi connectivity index (χ1n) is 6.42. The van der Waals surface area contributed by atoms with Crippen LogP contribution in [0.25, 0.3) is 0 Å². The Morgan fingerprint density at radius 3 is 2.86 bits per heavy atom. The van der Waals surface area contributed by atoms with Gasteiger partial charge >= 0.3 is 0 Å². The summed E-state index contributed by atoms with van der Waals surface area (Å²) < 4.78 is 31.3. The molecule has 9 heteroatoms. The topological polar surface area (TPSA) is 89.3 Å². The van der Waals surface area contributed by atoms with Crippen molar-refractivity contribution in [1.82, 2.24) is 10.1 Å².